The molecule has 6 nitrogen and oxygen atoms in total. The lowest BCUT2D eigenvalue weighted by Gasteiger charge is -2.22. The van der Waals surface area contributed by atoms with Crippen LogP contribution in [0.5, 0.6) is 5.75 Å². The number of hydrogen-bond acceptors (Lipinski definition) is 4. The van der Waals surface area contributed by atoms with E-state index in [9.17, 15) is 4.79 Å². The van der Waals surface area contributed by atoms with Gasteiger partial charge in [-0.3, -0.25) is 4.98 Å². The normalized spacial score (nSPS) is 12.0. The third-order valence-electron chi connectivity index (χ3n) is 4.09. The predicted molar refractivity (Wildman–Crippen MR) is 94.4 cm³/mol. The van der Waals surface area contributed by atoms with Gasteiger partial charge in [-0.05, 0) is 35.9 Å². The molecule has 0 saturated carbocycles. The molecule has 1 aliphatic rings. The van der Waals surface area contributed by atoms with E-state index in [0.29, 0.717) is 32.5 Å². The van der Waals surface area contributed by atoms with Crippen molar-refractivity contribution >= 4 is 11.7 Å². The molecule has 0 bridgehead atoms. The standard InChI is InChI=1S/C19H20N4O2/c20-9-3-11-23(12-7-16-4-1-2-10-21-16)19(24)22-17-5-6-18-15(14-17)8-13-25-18/h1-2,4-6,10,14H,3,7-8,11-13H2,(H,22,24). The molecular weight excluding hydrogens is 316 g/mol. The first-order valence-electron chi connectivity index (χ1n) is 8.35. The van der Waals surface area contributed by atoms with E-state index >= 15 is 0 Å². The van der Waals surface area contributed by atoms with Crippen LogP contribution in [0.2, 0.25) is 0 Å². The fourth-order valence-electron chi connectivity index (χ4n) is 2.76. The summed E-state index contributed by atoms with van der Waals surface area (Å²) >= 11 is 0. The van der Waals surface area contributed by atoms with Gasteiger partial charge in [-0.15, -0.1) is 0 Å². The Labute approximate surface area is 147 Å². The zero-order valence-corrected chi connectivity index (χ0v) is 13.9. The van der Waals surface area contributed by atoms with Crippen LogP contribution in [-0.4, -0.2) is 35.6 Å². The molecule has 1 aliphatic heterocycles. The molecule has 2 aromatic rings. The van der Waals surface area contributed by atoms with Gasteiger partial charge in [0.1, 0.15) is 5.75 Å². The fraction of sp³-hybridized carbons (Fsp3) is 0.316. The number of nitrogens with one attached hydrogen (secondary N) is 1. The molecule has 0 aliphatic carbocycles. The number of ether oxygens (including phenoxy) is 1. The van der Waals surface area contributed by atoms with E-state index in [1.807, 2.05) is 36.4 Å². The van der Waals surface area contributed by atoms with E-state index in [2.05, 4.69) is 16.4 Å². The SMILES string of the molecule is N#CCCN(CCc1ccccn1)C(=O)Nc1ccc2c(c1)CCO2. The molecule has 2 heterocycles. The van der Waals surface area contributed by atoms with Gasteiger partial charge < -0.3 is 15.0 Å². The van der Waals surface area contributed by atoms with Crippen molar-refractivity contribution in [2.75, 3.05) is 25.0 Å². The minimum absolute atomic E-state index is 0.204. The van der Waals surface area contributed by atoms with Crippen LogP contribution in [0.25, 0.3) is 0 Å². The molecule has 6 heteroatoms. The summed E-state index contributed by atoms with van der Waals surface area (Å²) in [5.74, 6) is 0.884. The molecule has 0 fully saturated rings. The highest BCUT2D eigenvalue weighted by Crippen LogP contribution is 2.27. The number of rotatable bonds is 6. The van der Waals surface area contributed by atoms with E-state index in [4.69, 9.17) is 10.00 Å². The van der Waals surface area contributed by atoms with Gasteiger partial charge in [0.05, 0.1) is 19.1 Å². The predicted octanol–water partition coefficient (Wildman–Crippen LogP) is 3.01. The van der Waals surface area contributed by atoms with E-state index < -0.39 is 0 Å². The van der Waals surface area contributed by atoms with E-state index in [-0.39, 0.29) is 6.03 Å². The second kappa shape index (κ2) is 8.15. The van der Waals surface area contributed by atoms with E-state index in [0.717, 1.165) is 29.1 Å². The van der Waals surface area contributed by atoms with Crippen LogP contribution in [0, 0.1) is 11.3 Å². The molecule has 0 saturated heterocycles. The number of nitriles is 1. The van der Waals surface area contributed by atoms with Gasteiger partial charge in [-0.25, -0.2) is 4.79 Å². The van der Waals surface area contributed by atoms with Crippen LogP contribution in [0.15, 0.2) is 42.6 Å². The van der Waals surface area contributed by atoms with Gasteiger partial charge >= 0.3 is 6.03 Å². The number of pyridine rings is 1. The molecule has 0 spiro atoms. The van der Waals surface area contributed by atoms with Crippen molar-refractivity contribution < 1.29 is 9.53 Å². The van der Waals surface area contributed by atoms with Crippen LogP contribution in [0.4, 0.5) is 10.5 Å². The maximum Gasteiger partial charge on any atom is 0.321 e. The van der Waals surface area contributed by atoms with Gasteiger partial charge in [0.15, 0.2) is 0 Å². The number of carbonyl (C=O) groups is 1. The van der Waals surface area contributed by atoms with Crippen LogP contribution in [-0.2, 0) is 12.8 Å². The highest BCUT2D eigenvalue weighted by molar-refractivity contribution is 5.89. The number of anilines is 1. The number of aromatic nitrogens is 1. The number of urea groups is 1. The third kappa shape index (κ3) is 4.48. The van der Waals surface area contributed by atoms with Gasteiger partial charge in [-0.2, -0.15) is 5.26 Å². The first kappa shape index (κ1) is 16.8. The van der Waals surface area contributed by atoms with Crippen molar-refractivity contribution in [1.82, 2.24) is 9.88 Å². The molecule has 1 aromatic carbocycles. The maximum absolute atomic E-state index is 12.6. The highest BCUT2D eigenvalue weighted by Gasteiger charge is 2.16. The fourth-order valence-corrected chi connectivity index (χ4v) is 2.76. The van der Waals surface area contributed by atoms with Crippen molar-refractivity contribution in [2.45, 2.75) is 19.3 Å². The molecule has 1 N–H and O–H groups in total. The number of hydrogen-bond donors (Lipinski definition) is 1. The Morgan fingerprint density at radius 2 is 2.24 bits per heavy atom. The summed E-state index contributed by atoms with van der Waals surface area (Å²) in [6, 6.07) is 13.3. The molecule has 128 valence electrons. The Hall–Kier alpha value is -3.07. The van der Waals surface area contributed by atoms with Crippen molar-refractivity contribution in [3.8, 4) is 11.8 Å². The second-order valence-corrected chi connectivity index (χ2v) is 5.82. The number of nitrogens with zero attached hydrogens (tertiary/aromatic N) is 3. The first-order chi connectivity index (χ1) is 12.3. The van der Waals surface area contributed by atoms with Crippen LogP contribution >= 0.6 is 0 Å². The second-order valence-electron chi connectivity index (χ2n) is 5.82. The summed E-state index contributed by atoms with van der Waals surface area (Å²) in [6.07, 6.45) is 3.55. The largest absolute Gasteiger partial charge is 0.493 e. The average Bonchev–Trinajstić information content (AvgIpc) is 3.10. The molecule has 1 aromatic heterocycles. The summed E-state index contributed by atoms with van der Waals surface area (Å²) in [7, 11) is 0. The summed E-state index contributed by atoms with van der Waals surface area (Å²) < 4.78 is 5.48. The number of fused-ring (bicyclic) bond motifs is 1. The number of benzene rings is 1. The quantitative estimate of drug-likeness (QED) is 0.879. The smallest absolute Gasteiger partial charge is 0.321 e. The van der Waals surface area contributed by atoms with E-state index in [1.165, 1.54) is 0 Å². The minimum Gasteiger partial charge on any atom is -0.493 e. The Morgan fingerprint density at radius 3 is 3.04 bits per heavy atom. The summed E-state index contributed by atoms with van der Waals surface area (Å²) in [4.78, 5) is 18.5. The molecule has 0 unspecified atom stereocenters. The van der Waals surface area contributed by atoms with Crippen molar-refractivity contribution in [3.05, 3.63) is 53.9 Å². The molecule has 2 amide bonds. The summed E-state index contributed by atoms with van der Waals surface area (Å²) in [6.45, 7) is 1.59. The topological polar surface area (TPSA) is 78.2 Å². The zero-order chi connectivity index (χ0) is 17.5. The van der Waals surface area contributed by atoms with Gasteiger partial charge in [-0.1, -0.05) is 6.07 Å². The van der Waals surface area contributed by atoms with Crippen LogP contribution < -0.4 is 10.1 Å². The first-order valence-corrected chi connectivity index (χ1v) is 8.35. The summed E-state index contributed by atoms with van der Waals surface area (Å²) in [5, 5.41) is 11.8. The maximum atomic E-state index is 12.6. The third-order valence-corrected chi connectivity index (χ3v) is 4.09. The molecule has 3 rings (SSSR count). The highest BCUT2D eigenvalue weighted by atomic mass is 16.5. The molecular formula is C19H20N4O2. The van der Waals surface area contributed by atoms with Gasteiger partial charge in [0.2, 0.25) is 0 Å². The average molecular weight is 336 g/mol. The monoisotopic (exact) mass is 336 g/mol. The van der Waals surface area contributed by atoms with Crippen molar-refractivity contribution in [3.63, 3.8) is 0 Å². The lowest BCUT2D eigenvalue weighted by atomic mass is 10.1. The number of amides is 2. The Balaban J connectivity index is 1.63. The van der Waals surface area contributed by atoms with Gasteiger partial charge in [0, 0.05) is 43.5 Å². The minimum atomic E-state index is -0.204. The Morgan fingerprint density at radius 1 is 1.32 bits per heavy atom. The Bertz CT molecular complexity index is 771. The van der Waals surface area contributed by atoms with Crippen LogP contribution in [0.1, 0.15) is 17.7 Å². The lowest BCUT2D eigenvalue weighted by Crippen LogP contribution is -2.37. The van der Waals surface area contributed by atoms with Gasteiger partial charge in [0.25, 0.3) is 0 Å². The zero-order valence-electron chi connectivity index (χ0n) is 13.9. The van der Waals surface area contributed by atoms with Crippen LogP contribution in [0.3, 0.4) is 0 Å². The van der Waals surface area contributed by atoms with E-state index in [1.54, 1.807) is 11.1 Å². The molecule has 0 atom stereocenters. The van der Waals surface area contributed by atoms with Crippen molar-refractivity contribution in [1.29, 1.82) is 5.26 Å². The lowest BCUT2D eigenvalue weighted by molar-refractivity contribution is 0.213. The Kier molecular flexibility index (Phi) is 5.47. The number of carbonyl (C=O) groups excluding carboxylic acids is 1. The summed E-state index contributed by atoms with van der Waals surface area (Å²) in [5.41, 5.74) is 2.77. The molecule has 0 radical (unpaired) electrons. The molecule has 25 heavy (non-hydrogen) atoms. The van der Waals surface area contributed by atoms with Crippen molar-refractivity contribution in [2.24, 2.45) is 0 Å².